The zero-order chi connectivity index (χ0) is 16.9. The Bertz CT molecular complexity index is 723. The summed E-state index contributed by atoms with van der Waals surface area (Å²) in [5, 5.41) is 12.0. The zero-order valence-electron chi connectivity index (χ0n) is 13.4. The number of rotatable bonds is 6. The first-order chi connectivity index (χ1) is 11.6. The molecule has 0 spiro atoms. The molecule has 3 rings (SSSR count). The number of hydrogen-bond acceptors (Lipinski definition) is 2. The van der Waals surface area contributed by atoms with Crippen molar-refractivity contribution >= 4 is 11.9 Å². The van der Waals surface area contributed by atoms with Crippen LogP contribution in [0.2, 0.25) is 0 Å². The molecule has 1 fully saturated rings. The molecule has 24 heavy (non-hydrogen) atoms. The molecule has 2 N–H and O–H groups in total. The van der Waals surface area contributed by atoms with E-state index in [1.165, 1.54) is 6.42 Å². The number of benzene rings is 2. The van der Waals surface area contributed by atoms with Gasteiger partial charge < -0.3 is 10.4 Å². The molecule has 4 nitrogen and oxygen atoms in total. The second-order valence-corrected chi connectivity index (χ2v) is 6.32. The number of carboxylic acid groups (broad SMARTS) is 1. The molecule has 0 radical (unpaired) electrons. The molecule has 0 saturated heterocycles. The van der Waals surface area contributed by atoms with Gasteiger partial charge in [-0.15, -0.1) is 0 Å². The highest BCUT2D eigenvalue weighted by Crippen LogP contribution is 2.37. The first-order valence-electron chi connectivity index (χ1n) is 8.30. The second-order valence-electron chi connectivity index (χ2n) is 6.32. The van der Waals surface area contributed by atoms with Crippen molar-refractivity contribution in [1.82, 2.24) is 5.32 Å². The predicted octanol–water partition coefficient (Wildman–Crippen LogP) is 3.58. The summed E-state index contributed by atoms with van der Waals surface area (Å²) in [6, 6.07) is 16.9. The van der Waals surface area contributed by atoms with Crippen LogP contribution < -0.4 is 5.32 Å². The van der Waals surface area contributed by atoms with Crippen LogP contribution in [0.15, 0.2) is 54.6 Å². The standard InChI is InChI=1S/C20H21NO3/c22-18(23)13-14-6-4-11-17(12-14)20(24)21-19(16-9-5-10-16)15-7-2-1-3-8-15/h1-4,6-8,11-12,16,19H,5,9-10,13H2,(H,21,24)(H,22,23). The molecule has 0 aliphatic heterocycles. The average Bonchev–Trinajstić information content (AvgIpc) is 2.53. The van der Waals surface area contributed by atoms with E-state index in [9.17, 15) is 9.59 Å². The molecular weight excluding hydrogens is 302 g/mol. The van der Waals surface area contributed by atoms with Crippen LogP contribution in [-0.4, -0.2) is 17.0 Å². The van der Waals surface area contributed by atoms with E-state index in [2.05, 4.69) is 5.32 Å². The fourth-order valence-corrected chi connectivity index (χ4v) is 3.13. The van der Waals surface area contributed by atoms with Gasteiger partial charge in [0.15, 0.2) is 0 Å². The van der Waals surface area contributed by atoms with Gasteiger partial charge in [0.2, 0.25) is 0 Å². The Morgan fingerprint density at radius 2 is 1.83 bits per heavy atom. The van der Waals surface area contributed by atoms with Crippen LogP contribution in [0, 0.1) is 5.92 Å². The molecule has 2 aromatic carbocycles. The van der Waals surface area contributed by atoms with Crippen molar-refractivity contribution in [2.45, 2.75) is 31.7 Å². The molecular formula is C20H21NO3. The van der Waals surface area contributed by atoms with E-state index in [1.54, 1.807) is 24.3 Å². The molecule has 4 heteroatoms. The third-order valence-electron chi connectivity index (χ3n) is 4.61. The Hall–Kier alpha value is -2.62. The Morgan fingerprint density at radius 1 is 1.08 bits per heavy atom. The van der Waals surface area contributed by atoms with Gasteiger partial charge in [0.05, 0.1) is 12.5 Å². The molecule has 0 heterocycles. The fraction of sp³-hybridized carbons (Fsp3) is 0.300. The molecule has 1 atom stereocenters. The van der Waals surface area contributed by atoms with Gasteiger partial charge in [-0.3, -0.25) is 9.59 Å². The molecule has 124 valence electrons. The van der Waals surface area contributed by atoms with Crippen LogP contribution in [0.3, 0.4) is 0 Å². The third-order valence-corrected chi connectivity index (χ3v) is 4.61. The highest BCUT2D eigenvalue weighted by Gasteiger charge is 2.29. The largest absolute Gasteiger partial charge is 0.481 e. The smallest absolute Gasteiger partial charge is 0.307 e. The van der Waals surface area contributed by atoms with Crippen molar-refractivity contribution in [3.05, 3.63) is 71.3 Å². The van der Waals surface area contributed by atoms with E-state index in [0.717, 1.165) is 18.4 Å². The number of amides is 1. The van der Waals surface area contributed by atoms with Gasteiger partial charge in [-0.25, -0.2) is 0 Å². The summed E-state index contributed by atoms with van der Waals surface area (Å²) in [7, 11) is 0. The van der Waals surface area contributed by atoms with Gasteiger partial charge in [0.1, 0.15) is 0 Å². The summed E-state index contributed by atoms with van der Waals surface area (Å²) in [5.41, 5.74) is 2.27. The van der Waals surface area contributed by atoms with Gasteiger partial charge in [-0.05, 0) is 42.0 Å². The van der Waals surface area contributed by atoms with Crippen molar-refractivity contribution in [2.75, 3.05) is 0 Å². The van der Waals surface area contributed by atoms with Gasteiger partial charge in [-0.1, -0.05) is 48.9 Å². The van der Waals surface area contributed by atoms with Gasteiger partial charge >= 0.3 is 5.97 Å². The summed E-state index contributed by atoms with van der Waals surface area (Å²) in [6.07, 6.45) is 3.38. The lowest BCUT2D eigenvalue weighted by Gasteiger charge is -2.34. The lowest BCUT2D eigenvalue weighted by Crippen LogP contribution is -2.36. The highest BCUT2D eigenvalue weighted by molar-refractivity contribution is 5.94. The average molecular weight is 323 g/mol. The van der Waals surface area contributed by atoms with Crippen LogP contribution in [0.1, 0.15) is 46.8 Å². The first kappa shape index (κ1) is 16.2. The monoisotopic (exact) mass is 323 g/mol. The van der Waals surface area contributed by atoms with E-state index in [-0.39, 0.29) is 18.4 Å². The van der Waals surface area contributed by atoms with Crippen LogP contribution in [0.5, 0.6) is 0 Å². The molecule has 1 unspecified atom stereocenters. The number of aliphatic carboxylic acids is 1. The third kappa shape index (κ3) is 3.82. The molecule has 2 aromatic rings. The Balaban J connectivity index is 1.77. The van der Waals surface area contributed by atoms with Gasteiger partial charge in [0, 0.05) is 5.56 Å². The normalized spacial score (nSPS) is 15.3. The van der Waals surface area contributed by atoms with Crippen LogP contribution in [0.25, 0.3) is 0 Å². The second kappa shape index (κ2) is 7.30. The molecule has 0 aromatic heterocycles. The maximum absolute atomic E-state index is 12.7. The number of nitrogens with one attached hydrogen (secondary N) is 1. The Labute approximate surface area is 141 Å². The lowest BCUT2D eigenvalue weighted by atomic mass is 9.77. The highest BCUT2D eigenvalue weighted by atomic mass is 16.4. The van der Waals surface area contributed by atoms with Crippen molar-refractivity contribution in [3.8, 4) is 0 Å². The minimum atomic E-state index is -0.899. The molecule has 1 aliphatic carbocycles. The van der Waals surface area contributed by atoms with Crippen LogP contribution >= 0.6 is 0 Å². The van der Waals surface area contributed by atoms with E-state index in [0.29, 0.717) is 17.0 Å². The summed E-state index contributed by atoms with van der Waals surface area (Å²) in [6.45, 7) is 0. The van der Waals surface area contributed by atoms with Gasteiger partial charge in [0.25, 0.3) is 5.91 Å². The minimum absolute atomic E-state index is 0.00980. The number of hydrogen-bond donors (Lipinski definition) is 2. The number of carbonyl (C=O) groups excluding carboxylic acids is 1. The zero-order valence-corrected chi connectivity index (χ0v) is 13.4. The maximum atomic E-state index is 12.7. The number of carbonyl (C=O) groups is 2. The molecule has 1 amide bonds. The predicted molar refractivity (Wildman–Crippen MR) is 91.8 cm³/mol. The Kier molecular flexibility index (Phi) is 4.94. The maximum Gasteiger partial charge on any atom is 0.307 e. The summed E-state index contributed by atoms with van der Waals surface area (Å²) in [4.78, 5) is 23.5. The first-order valence-corrected chi connectivity index (χ1v) is 8.30. The summed E-state index contributed by atoms with van der Waals surface area (Å²) < 4.78 is 0. The van der Waals surface area contributed by atoms with Crippen molar-refractivity contribution < 1.29 is 14.7 Å². The summed E-state index contributed by atoms with van der Waals surface area (Å²) in [5.74, 6) is -0.578. The quantitative estimate of drug-likeness (QED) is 0.854. The lowest BCUT2D eigenvalue weighted by molar-refractivity contribution is -0.136. The van der Waals surface area contributed by atoms with E-state index in [1.807, 2.05) is 30.3 Å². The Morgan fingerprint density at radius 3 is 2.46 bits per heavy atom. The fourth-order valence-electron chi connectivity index (χ4n) is 3.13. The van der Waals surface area contributed by atoms with Gasteiger partial charge in [-0.2, -0.15) is 0 Å². The van der Waals surface area contributed by atoms with Crippen molar-refractivity contribution in [2.24, 2.45) is 5.92 Å². The van der Waals surface area contributed by atoms with Crippen molar-refractivity contribution in [3.63, 3.8) is 0 Å². The van der Waals surface area contributed by atoms with Crippen molar-refractivity contribution in [1.29, 1.82) is 0 Å². The molecule has 1 aliphatic rings. The van der Waals surface area contributed by atoms with E-state index in [4.69, 9.17) is 5.11 Å². The van der Waals surface area contributed by atoms with E-state index < -0.39 is 5.97 Å². The molecule has 1 saturated carbocycles. The van der Waals surface area contributed by atoms with Crippen LogP contribution in [0.4, 0.5) is 0 Å². The topological polar surface area (TPSA) is 66.4 Å². The van der Waals surface area contributed by atoms with Crippen LogP contribution in [-0.2, 0) is 11.2 Å². The minimum Gasteiger partial charge on any atom is -0.481 e. The SMILES string of the molecule is O=C(O)Cc1cccc(C(=O)NC(c2ccccc2)C2CCC2)c1. The van der Waals surface area contributed by atoms with E-state index >= 15 is 0 Å². The molecule has 0 bridgehead atoms. The number of carboxylic acids is 1. The summed E-state index contributed by atoms with van der Waals surface area (Å²) >= 11 is 0.